The number of aliphatic hydroxyl groups is 1. The Balaban J connectivity index is 1.87. The van der Waals surface area contributed by atoms with Gasteiger partial charge in [0.2, 0.25) is 5.91 Å². The minimum atomic E-state index is -0.112. The van der Waals surface area contributed by atoms with E-state index in [0.29, 0.717) is 36.2 Å². The number of anilines is 1. The number of benzene rings is 1. The summed E-state index contributed by atoms with van der Waals surface area (Å²) in [4.78, 5) is 11.9. The summed E-state index contributed by atoms with van der Waals surface area (Å²) in [6.07, 6.45) is 4.81. The van der Waals surface area contributed by atoms with E-state index in [4.69, 9.17) is 4.74 Å². The SMILES string of the molecule is CCOc1ccc(NC(=O)CNC2CCCC2)cc1CO. The molecular formula is C16H24N2O3. The van der Waals surface area contributed by atoms with Crippen molar-refractivity contribution in [3.63, 3.8) is 0 Å². The Bertz CT molecular complexity index is 471. The molecule has 21 heavy (non-hydrogen) atoms. The van der Waals surface area contributed by atoms with Crippen molar-refractivity contribution in [3.05, 3.63) is 23.8 Å². The van der Waals surface area contributed by atoms with Gasteiger partial charge in [-0.25, -0.2) is 0 Å². The number of aliphatic hydroxyl groups excluding tert-OH is 1. The van der Waals surface area contributed by atoms with Crippen LogP contribution in [-0.2, 0) is 11.4 Å². The monoisotopic (exact) mass is 292 g/mol. The maximum Gasteiger partial charge on any atom is 0.238 e. The van der Waals surface area contributed by atoms with Gasteiger partial charge in [-0.2, -0.15) is 0 Å². The van der Waals surface area contributed by atoms with Gasteiger partial charge in [0.1, 0.15) is 5.75 Å². The van der Waals surface area contributed by atoms with Crippen LogP contribution in [0.3, 0.4) is 0 Å². The van der Waals surface area contributed by atoms with E-state index in [2.05, 4.69) is 10.6 Å². The van der Waals surface area contributed by atoms with Crippen molar-refractivity contribution in [2.75, 3.05) is 18.5 Å². The Hall–Kier alpha value is -1.59. The molecule has 5 heteroatoms. The molecule has 1 amide bonds. The van der Waals surface area contributed by atoms with Crippen molar-refractivity contribution in [2.45, 2.75) is 45.3 Å². The summed E-state index contributed by atoms with van der Waals surface area (Å²) in [6, 6.07) is 5.79. The van der Waals surface area contributed by atoms with E-state index in [1.807, 2.05) is 6.92 Å². The van der Waals surface area contributed by atoms with E-state index in [-0.39, 0.29) is 12.5 Å². The summed E-state index contributed by atoms with van der Waals surface area (Å²) in [7, 11) is 0. The summed E-state index contributed by atoms with van der Waals surface area (Å²) in [6.45, 7) is 2.65. The van der Waals surface area contributed by atoms with E-state index in [1.165, 1.54) is 12.8 Å². The van der Waals surface area contributed by atoms with Crippen molar-refractivity contribution in [1.82, 2.24) is 5.32 Å². The summed E-state index contributed by atoms with van der Waals surface area (Å²) in [5.74, 6) is 0.594. The van der Waals surface area contributed by atoms with E-state index in [9.17, 15) is 9.90 Å². The molecule has 0 bridgehead atoms. The predicted octanol–water partition coefficient (Wildman–Crippen LogP) is 2.05. The lowest BCUT2D eigenvalue weighted by atomic mass is 10.2. The number of ether oxygens (including phenoxy) is 1. The second-order valence-corrected chi connectivity index (χ2v) is 5.32. The quantitative estimate of drug-likeness (QED) is 0.719. The number of carbonyl (C=O) groups excluding carboxylic acids is 1. The van der Waals surface area contributed by atoms with Gasteiger partial charge in [-0.3, -0.25) is 4.79 Å². The Morgan fingerprint density at radius 3 is 2.81 bits per heavy atom. The fourth-order valence-electron chi connectivity index (χ4n) is 2.65. The normalized spacial score (nSPS) is 15.1. The molecule has 3 N–H and O–H groups in total. The minimum absolute atomic E-state index is 0.0602. The zero-order chi connectivity index (χ0) is 15.1. The molecule has 1 aromatic carbocycles. The largest absolute Gasteiger partial charge is 0.494 e. The Kier molecular flexibility index (Phi) is 6.02. The summed E-state index contributed by atoms with van der Waals surface area (Å²) in [5.41, 5.74) is 1.36. The molecule has 1 aliphatic carbocycles. The molecule has 116 valence electrons. The third kappa shape index (κ3) is 4.72. The topological polar surface area (TPSA) is 70.6 Å². The molecule has 2 rings (SSSR count). The number of rotatable bonds is 7. The van der Waals surface area contributed by atoms with E-state index < -0.39 is 0 Å². The van der Waals surface area contributed by atoms with Crippen molar-refractivity contribution in [1.29, 1.82) is 0 Å². The molecule has 0 aromatic heterocycles. The van der Waals surface area contributed by atoms with Crippen LogP contribution in [0.15, 0.2) is 18.2 Å². The predicted molar refractivity (Wildman–Crippen MR) is 82.4 cm³/mol. The zero-order valence-electron chi connectivity index (χ0n) is 12.5. The summed E-state index contributed by atoms with van der Waals surface area (Å²) in [5, 5.41) is 15.5. The highest BCUT2D eigenvalue weighted by Crippen LogP contribution is 2.23. The molecular weight excluding hydrogens is 268 g/mol. The van der Waals surface area contributed by atoms with Gasteiger partial charge in [0, 0.05) is 17.3 Å². The third-order valence-corrected chi connectivity index (χ3v) is 3.72. The first kappa shape index (κ1) is 15.8. The lowest BCUT2D eigenvalue weighted by molar-refractivity contribution is -0.115. The van der Waals surface area contributed by atoms with E-state index >= 15 is 0 Å². The fourth-order valence-corrected chi connectivity index (χ4v) is 2.65. The average molecular weight is 292 g/mol. The third-order valence-electron chi connectivity index (χ3n) is 3.72. The molecule has 0 heterocycles. The lowest BCUT2D eigenvalue weighted by Gasteiger charge is -2.13. The number of amides is 1. The van der Waals surface area contributed by atoms with Crippen LogP contribution in [0, 0.1) is 0 Å². The van der Waals surface area contributed by atoms with Crippen molar-refractivity contribution in [3.8, 4) is 5.75 Å². The molecule has 0 spiro atoms. The van der Waals surface area contributed by atoms with Gasteiger partial charge >= 0.3 is 0 Å². The zero-order valence-corrected chi connectivity index (χ0v) is 12.5. The first-order valence-corrected chi connectivity index (χ1v) is 7.62. The molecule has 0 atom stereocenters. The second kappa shape index (κ2) is 8.00. The highest BCUT2D eigenvalue weighted by molar-refractivity contribution is 5.92. The first-order chi connectivity index (χ1) is 10.2. The van der Waals surface area contributed by atoms with Crippen LogP contribution in [0.4, 0.5) is 5.69 Å². The van der Waals surface area contributed by atoms with Crippen LogP contribution < -0.4 is 15.4 Å². The van der Waals surface area contributed by atoms with Crippen molar-refractivity contribution >= 4 is 11.6 Å². The first-order valence-electron chi connectivity index (χ1n) is 7.62. The standard InChI is InChI=1S/C16H24N2O3/c1-2-21-15-8-7-14(9-12(15)11-19)18-16(20)10-17-13-5-3-4-6-13/h7-9,13,17,19H,2-6,10-11H2,1H3,(H,18,20). The molecule has 1 aromatic rings. The van der Waals surface area contributed by atoms with Gasteiger partial charge in [0.15, 0.2) is 0 Å². The Morgan fingerprint density at radius 2 is 2.14 bits per heavy atom. The number of nitrogens with one attached hydrogen (secondary N) is 2. The molecule has 1 aliphatic rings. The van der Waals surface area contributed by atoms with Crippen LogP contribution in [0.1, 0.15) is 38.2 Å². The smallest absolute Gasteiger partial charge is 0.238 e. The summed E-state index contributed by atoms with van der Waals surface area (Å²) < 4.78 is 5.42. The minimum Gasteiger partial charge on any atom is -0.494 e. The lowest BCUT2D eigenvalue weighted by Crippen LogP contribution is -2.34. The van der Waals surface area contributed by atoms with Gasteiger partial charge in [0.25, 0.3) is 0 Å². The van der Waals surface area contributed by atoms with Crippen LogP contribution in [-0.4, -0.2) is 30.2 Å². The summed E-state index contributed by atoms with van der Waals surface area (Å²) >= 11 is 0. The van der Waals surface area contributed by atoms with Crippen LogP contribution in [0.2, 0.25) is 0 Å². The maximum absolute atomic E-state index is 11.9. The Morgan fingerprint density at radius 1 is 1.38 bits per heavy atom. The van der Waals surface area contributed by atoms with Gasteiger partial charge in [-0.1, -0.05) is 12.8 Å². The van der Waals surface area contributed by atoms with Crippen LogP contribution in [0.5, 0.6) is 5.75 Å². The molecule has 0 saturated heterocycles. The number of hydrogen-bond acceptors (Lipinski definition) is 4. The van der Waals surface area contributed by atoms with Crippen molar-refractivity contribution < 1.29 is 14.6 Å². The fraction of sp³-hybridized carbons (Fsp3) is 0.562. The molecule has 1 saturated carbocycles. The maximum atomic E-state index is 11.9. The molecule has 0 aliphatic heterocycles. The Labute approximate surface area is 125 Å². The number of carbonyl (C=O) groups is 1. The van der Waals surface area contributed by atoms with Crippen molar-refractivity contribution in [2.24, 2.45) is 0 Å². The van der Waals surface area contributed by atoms with E-state index in [1.54, 1.807) is 18.2 Å². The highest BCUT2D eigenvalue weighted by Gasteiger charge is 2.15. The molecule has 0 radical (unpaired) electrons. The number of hydrogen-bond donors (Lipinski definition) is 3. The second-order valence-electron chi connectivity index (χ2n) is 5.32. The van der Waals surface area contributed by atoms with E-state index in [0.717, 1.165) is 12.8 Å². The molecule has 0 unspecified atom stereocenters. The van der Waals surface area contributed by atoms with Gasteiger partial charge in [0.05, 0.1) is 19.8 Å². The highest BCUT2D eigenvalue weighted by atomic mass is 16.5. The average Bonchev–Trinajstić information content (AvgIpc) is 3.00. The molecule has 1 fully saturated rings. The van der Waals surface area contributed by atoms with Crippen LogP contribution >= 0.6 is 0 Å². The van der Waals surface area contributed by atoms with Gasteiger partial charge in [-0.15, -0.1) is 0 Å². The van der Waals surface area contributed by atoms with Gasteiger partial charge in [-0.05, 0) is 38.0 Å². The molecule has 5 nitrogen and oxygen atoms in total. The van der Waals surface area contributed by atoms with Gasteiger partial charge < -0.3 is 20.5 Å². The van der Waals surface area contributed by atoms with Crippen LogP contribution in [0.25, 0.3) is 0 Å².